The second-order valence-electron chi connectivity index (χ2n) is 4.76. The molecular weight excluding hydrogens is 230 g/mol. The molecular formula is C13H27N3O2. The van der Waals surface area contributed by atoms with Crippen molar-refractivity contribution in [2.75, 3.05) is 27.2 Å². The first-order chi connectivity index (χ1) is 8.43. The van der Waals surface area contributed by atoms with Gasteiger partial charge in [-0.2, -0.15) is 0 Å². The maximum Gasteiger partial charge on any atom is 0.239 e. The van der Waals surface area contributed by atoms with E-state index in [2.05, 4.69) is 0 Å². The number of nitrogens with zero attached hydrogens (tertiary/aromatic N) is 2. The summed E-state index contributed by atoms with van der Waals surface area (Å²) in [6.45, 7) is 5.55. The van der Waals surface area contributed by atoms with Gasteiger partial charge in [0.25, 0.3) is 0 Å². The van der Waals surface area contributed by atoms with Crippen LogP contribution in [0.2, 0.25) is 0 Å². The summed E-state index contributed by atoms with van der Waals surface area (Å²) in [5, 5.41) is 0. The number of carbonyl (C=O) groups is 2. The van der Waals surface area contributed by atoms with Gasteiger partial charge in [-0.3, -0.25) is 9.59 Å². The number of amides is 2. The van der Waals surface area contributed by atoms with Crippen molar-refractivity contribution >= 4 is 11.8 Å². The molecule has 0 radical (unpaired) electrons. The maximum atomic E-state index is 12.1. The van der Waals surface area contributed by atoms with Crippen molar-refractivity contribution in [3.05, 3.63) is 0 Å². The Morgan fingerprint density at radius 3 is 2.00 bits per heavy atom. The predicted molar refractivity (Wildman–Crippen MR) is 73.1 cm³/mol. The minimum absolute atomic E-state index is 0.00998. The van der Waals surface area contributed by atoms with Gasteiger partial charge >= 0.3 is 0 Å². The van der Waals surface area contributed by atoms with Crippen LogP contribution < -0.4 is 5.73 Å². The molecule has 2 N–H and O–H groups in total. The molecule has 0 bridgehead atoms. The molecule has 0 aromatic heterocycles. The van der Waals surface area contributed by atoms with Crippen molar-refractivity contribution in [3.63, 3.8) is 0 Å². The van der Waals surface area contributed by atoms with E-state index >= 15 is 0 Å². The van der Waals surface area contributed by atoms with E-state index in [0.717, 1.165) is 25.9 Å². The highest BCUT2D eigenvalue weighted by Crippen LogP contribution is 2.04. The highest BCUT2D eigenvalue weighted by molar-refractivity contribution is 5.83. The largest absolute Gasteiger partial charge is 0.349 e. The summed E-state index contributed by atoms with van der Waals surface area (Å²) in [6.07, 6.45) is 2.59. The van der Waals surface area contributed by atoms with E-state index in [0.29, 0.717) is 12.8 Å². The van der Waals surface area contributed by atoms with E-state index in [-0.39, 0.29) is 11.8 Å². The third-order valence-electron chi connectivity index (χ3n) is 2.78. The van der Waals surface area contributed by atoms with E-state index in [1.807, 2.05) is 13.8 Å². The number of hydrogen-bond donors (Lipinski definition) is 1. The minimum atomic E-state index is -0.563. The quantitative estimate of drug-likeness (QED) is 0.700. The standard InChI is InChI=1S/C13H27N3O2/c1-5-9-16(10-6-2)13(18)11(14)7-8-12(17)15(3)4/h11H,5-10,14H2,1-4H3. The Balaban J connectivity index is 4.25. The Labute approximate surface area is 110 Å². The Kier molecular flexibility index (Phi) is 8.37. The van der Waals surface area contributed by atoms with Gasteiger partial charge in [-0.05, 0) is 19.3 Å². The number of rotatable bonds is 8. The lowest BCUT2D eigenvalue weighted by molar-refractivity contribution is -0.133. The van der Waals surface area contributed by atoms with Crippen LogP contribution in [-0.4, -0.2) is 54.8 Å². The molecule has 5 nitrogen and oxygen atoms in total. The van der Waals surface area contributed by atoms with Crippen molar-refractivity contribution in [2.45, 2.75) is 45.6 Å². The van der Waals surface area contributed by atoms with Crippen LogP contribution in [0.25, 0.3) is 0 Å². The van der Waals surface area contributed by atoms with E-state index in [4.69, 9.17) is 5.73 Å². The zero-order chi connectivity index (χ0) is 14.1. The van der Waals surface area contributed by atoms with Gasteiger partial charge in [0.05, 0.1) is 6.04 Å². The summed E-state index contributed by atoms with van der Waals surface area (Å²) < 4.78 is 0. The van der Waals surface area contributed by atoms with E-state index in [1.165, 1.54) is 4.90 Å². The summed E-state index contributed by atoms with van der Waals surface area (Å²) in [5.41, 5.74) is 5.87. The van der Waals surface area contributed by atoms with Crippen LogP contribution in [0.3, 0.4) is 0 Å². The van der Waals surface area contributed by atoms with Gasteiger partial charge in [-0.15, -0.1) is 0 Å². The Bertz CT molecular complexity index is 261. The van der Waals surface area contributed by atoms with Gasteiger partial charge < -0.3 is 15.5 Å². The Morgan fingerprint density at radius 1 is 1.11 bits per heavy atom. The fourth-order valence-electron chi connectivity index (χ4n) is 1.73. The molecule has 0 aromatic rings. The monoisotopic (exact) mass is 257 g/mol. The van der Waals surface area contributed by atoms with Crippen LogP contribution in [0.1, 0.15) is 39.5 Å². The third-order valence-corrected chi connectivity index (χ3v) is 2.78. The highest BCUT2D eigenvalue weighted by Gasteiger charge is 2.20. The van der Waals surface area contributed by atoms with Crippen molar-refractivity contribution in [3.8, 4) is 0 Å². The molecule has 0 saturated carbocycles. The van der Waals surface area contributed by atoms with Crippen LogP contribution in [0.5, 0.6) is 0 Å². The van der Waals surface area contributed by atoms with Crippen LogP contribution in [-0.2, 0) is 9.59 Å². The molecule has 0 rings (SSSR count). The smallest absolute Gasteiger partial charge is 0.239 e. The molecule has 0 aliphatic rings. The van der Waals surface area contributed by atoms with Crippen molar-refractivity contribution in [2.24, 2.45) is 5.73 Å². The average molecular weight is 257 g/mol. The van der Waals surface area contributed by atoms with Gasteiger partial charge in [0, 0.05) is 33.6 Å². The minimum Gasteiger partial charge on any atom is -0.349 e. The molecule has 1 unspecified atom stereocenters. The first kappa shape index (κ1) is 16.9. The lowest BCUT2D eigenvalue weighted by atomic mass is 10.1. The number of hydrogen-bond acceptors (Lipinski definition) is 3. The van der Waals surface area contributed by atoms with Gasteiger partial charge in [-0.25, -0.2) is 0 Å². The molecule has 0 aliphatic heterocycles. The Morgan fingerprint density at radius 2 is 1.61 bits per heavy atom. The second kappa shape index (κ2) is 8.91. The SMILES string of the molecule is CCCN(CCC)C(=O)C(N)CCC(=O)N(C)C. The molecule has 0 spiro atoms. The lowest BCUT2D eigenvalue weighted by Gasteiger charge is -2.25. The zero-order valence-electron chi connectivity index (χ0n) is 12.1. The maximum absolute atomic E-state index is 12.1. The fraction of sp³-hybridized carbons (Fsp3) is 0.846. The molecule has 2 amide bonds. The topological polar surface area (TPSA) is 66.6 Å². The highest BCUT2D eigenvalue weighted by atomic mass is 16.2. The molecule has 0 aromatic carbocycles. The van der Waals surface area contributed by atoms with E-state index in [9.17, 15) is 9.59 Å². The molecule has 0 heterocycles. The molecule has 0 aliphatic carbocycles. The molecule has 0 saturated heterocycles. The lowest BCUT2D eigenvalue weighted by Crippen LogP contribution is -2.44. The van der Waals surface area contributed by atoms with Gasteiger partial charge in [0.2, 0.25) is 11.8 Å². The molecule has 0 fully saturated rings. The predicted octanol–water partition coefficient (Wildman–Crippen LogP) is 0.831. The number of carbonyl (C=O) groups excluding carboxylic acids is 2. The first-order valence-electron chi connectivity index (χ1n) is 6.68. The van der Waals surface area contributed by atoms with Gasteiger partial charge in [0.15, 0.2) is 0 Å². The fourth-order valence-corrected chi connectivity index (χ4v) is 1.73. The summed E-state index contributed by atoms with van der Waals surface area (Å²) in [5.74, 6) is -0.0268. The third kappa shape index (κ3) is 6.00. The van der Waals surface area contributed by atoms with Gasteiger partial charge in [-0.1, -0.05) is 13.8 Å². The summed E-state index contributed by atoms with van der Waals surface area (Å²) in [4.78, 5) is 26.8. The van der Waals surface area contributed by atoms with E-state index < -0.39 is 6.04 Å². The van der Waals surface area contributed by atoms with Crippen molar-refractivity contribution < 1.29 is 9.59 Å². The second-order valence-corrected chi connectivity index (χ2v) is 4.76. The Hall–Kier alpha value is -1.10. The molecule has 18 heavy (non-hydrogen) atoms. The average Bonchev–Trinajstić information content (AvgIpc) is 2.34. The first-order valence-corrected chi connectivity index (χ1v) is 6.68. The van der Waals surface area contributed by atoms with Crippen LogP contribution in [0.15, 0.2) is 0 Å². The number of nitrogens with two attached hydrogens (primary N) is 1. The zero-order valence-corrected chi connectivity index (χ0v) is 12.1. The molecule has 106 valence electrons. The summed E-state index contributed by atoms with van der Waals surface area (Å²) in [6, 6.07) is -0.563. The summed E-state index contributed by atoms with van der Waals surface area (Å²) in [7, 11) is 3.41. The van der Waals surface area contributed by atoms with Gasteiger partial charge in [0.1, 0.15) is 0 Å². The molecule has 1 atom stereocenters. The van der Waals surface area contributed by atoms with Crippen LogP contribution >= 0.6 is 0 Å². The van der Waals surface area contributed by atoms with Crippen LogP contribution in [0, 0.1) is 0 Å². The van der Waals surface area contributed by atoms with Crippen LogP contribution in [0.4, 0.5) is 0 Å². The van der Waals surface area contributed by atoms with Crippen molar-refractivity contribution in [1.29, 1.82) is 0 Å². The molecule has 5 heteroatoms. The summed E-state index contributed by atoms with van der Waals surface area (Å²) >= 11 is 0. The van der Waals surface area contributed by atoms with E-state index in [1.54, 1.807) is 19.0 Å². The van der Waals surface area contributed by atoms with Crippen molar-refractivity contribution in [1.82, 2.24) is 9.80 Å². The normalized spacial score (nSPS) is 12.1.